The van der Waals surface area contributed by atoms with Crippen molar-refractivity contribution in [1.82, 2.24) is 9.78 Å². The highest BCUT2D eigenvalue weighted by Gasteiger charge is 2.17. The Hall–Kier alpha value is -4.24. The molecule has 11 heteroatoms. The summed E-state index contributed by atoms with van der Waals surface area (Å²) in [6, 6.07) is 23.6. The molecule has 0 saturated heterocycles. The van der Waals surface area contributed by atoms with E-state index in [1.165, 1.54) is 0 Å². The Bertz CT molecular complexity index is 1720. The van der Waals surface area contributed by atoms with Crippen LogP contribution in [0.2, 0.25) is 15.1 Å². The highest BCUT2D eigenvalue weighted by atomic mass is 35.5. The minimum Gasteiger partial charge on any atom is -0.497 e. The van der Waals surface area contributed by atoms with Gasteiger partial charge in [-0.1, -0.05) is 40.9 Å². The Morgan fingerprint density at radius 2 is 1.51 bits per heavy atom. The number of aromatic nitrogens is 2. The number of nitrogens with zero attached hydrogens (tertiary/aromatic N) is 2. The van der Waals surface area contributed by atoms with Gasteiger partial charge in [0.1, 0.15) is 5.75 Å². The summed E-state index contributed by atoms with van der Waals surface area (Å²) in [7, 11) is 1.57. The summed E-state index contributed by atoms with van der Waals surface area (Å²) in [6.45, 7) is 0.0801. The number of Topliss-reactive ketones (excluding diaryl/α,β-unsaturated/α-hetero) is 1. The first-order valence-corrected chi connectivity index (χ1v) is 13.5. The van der Waals surface area contributed by atoms with Gasteiger partial charge >= 0.3 is 6.03 Å². The molecule has 0 fully saturated rings. The number of anilines is 2. The van der Waals surface area contributed by atoms with Crippen LogP contribution in [0.1, 0.15) is 15.9 Å². The molecule has 41 heavy (non-hydrogen) atoms. The number of amides is 2. The normalized spacial score (nSPS) is 10.8. The highest BCUT2D eigenvalue weighted by Crippen LogP contribution is 2.30. The number of urea groups is 1. The fourth-order valence-electron chi connectivity index (χ4n) is 4.09. The predicted molar refractivity (Wildman–Crippen MR) is 162 cm³/mol. The molecule has 1 aromatic heterocycles. The number of carbonyl (C=O) groups is 2. The van der Waals surface area contributed by atoms with Crippen molar-refractivity contribution in [2.24, 2.45) is 0 Å². The lowest BCUT2D eigenvalue weighted by atomic mass is 10.1. The molecule has 0 bridgehead atoms. The van der Waals surface area contributed by atoms with E-state index in [1.807, 2.05) is 12.1 Å². The Labute approximate surface area is 250 Å². The third-order valence-corrected chi connectivity index (χ3v) is 7.00. The molecule has 0 atom stereocenters. The number of rotatable bonds is 9. The largest absolute Gasteiger partial charge is 0.497 e. The predicted octanol–water partition coefficient (Wildman–Crippen LogP) is 7.96. The topological polar surface area (TPSA) is 94.5 Å². The highest BCUT2D eigenvalue weighted by molar-refractivity contribution is 6.35. The van der Waals surface area contributed by atoms with Crippen molar-refractivity contribution < 1.29 is 19.1 Å². The lowest BCUT2D eigenvalue weighted by Gasteiger charge is -2.09. The molecule has 2 N–H and O–H groups in total. The van der Waals surface area contributed by atoms with Gasteiger partial charge in [-0.3, -0.25) is 9.48 Å². The molecule has 0 aliphatic carbocycles. The minimum absolute atomic E-state index is 0.228. The van der Waals surface area contributed by atoms with Crippen LogP contribution in [0.3, 0.4) is 0 Å². The molecule has 0 radical (unpaired) electrons. The van der Waals surface area contributed by atoms with E-state index >= 15 is 0 Å². The first-order chi connectivity index (χ1) is 19.8. The quantitative estimate of drug-likeness (QED) is 0.165. The van der Waals surface area contributed by atoms with Gasteiger partial charge in [0, 0.05) is 32.0 Å². The molecule has 0 unspecified atom stereocenters. The number of nitrogens with one attached hydrogen (secondary N) is 2. The second-order valence-corrected chi connectivity index (χ2v) is 10.2. The van der Waals surface area contributed by atoms with Crippen LogP contribution < -0.4 is 20.1 Å². The van der Waals surface area contributed by atoms with Gasteiger partial charge in [0.05, 0.1) is 24.6 Å². The summed E-state index contributed by atoms with van der Waals surface area (Å²) in [5.41, 5.74) is 3.07. The fraction of sp³-hybridized carbons (Fsp3) is 0.100. The average molecular weight is 610 g/mol. The van der Waals surface area contributed by atoms with Crippen LogP contribution in [0.4, 0.5) is 16.2 Å². The molecular weight excluding hydrogens is 587 g/mol. The van der Waals surface area contributed by atoms with Gasteiger partial charge in [-0.05, 0) is 84.4 Å². The van der Waals surface area contributed by atoms with E-state index in [9.17, 15) is 9.59 Å². The summed E-state index contributed by atoms with van der Waals surface area (Å²) in [5.74, 6) is 0.672. The number of halogens is 3. The number of hydrogen-bond donors (Lipinski definition) is 2. The van der Waals surface area contributed by atoms with Gasteiger partial charge in [0.15, 0.2) is 12.4 Å². The van der Waals surface area contributed by atoms with Crippen LogP contribution in [0.5, 0.6) is 11.6 Å². The van der Waals surface area contributed by atoms with Crippen LogP contribution >= 0.6 is 34.8 Å². The van der Waals surface area contributed by atoms with Gasteiger partial charge < -0.3 is 20.1 Å². The molecule has 208 valence electrons. The maximum Gasteiger partial charge on any atom is 0.323 e. The Morgan fingerprint density at radius 3 is 2.22 bits per heavy atom. The Kier molecular flexibility index (Phi) is 8.64. The smallest absolute Gasteiger partial charge is 0.323 e. The maximum absolute atomic E-state index is 12.8. The first-order valence-electron chi connectivity index (χ1n) is 12.4. The van der Waals surface area contributed by atoms with Crippen LogP contribution in [-0.2, 0) is 6.54 Å². The molecule has 5 rings (SSSR count). The van der Waals surface area contributed by atoms with E-state index in [0.29, 0.717) is 55.2 Å². The van der Waals surface area contributed by atoms with Crippen LogP contribution in [-0.4, -0.2) is 35.3 Å². The fourth-order valence-corrected chi connectivity index (χ4v) is 4.68. The number of fused-ring (bicyclic) bond motifs is 1. The SMILES string of the molecule is COc1ccc(NC(=O)Nc2ccc3c(c2)c(OCC(=O)c2ccc(Cl)cc2)nn3Cc2ccc(Cl)cc2Cl)cc1. The van der Waals surface area contributed by atoms with Crippen LogP contribution in [0, 0.1) is 0 Å². The second-order valence-electron chi connectivity index (χ2n) is 8.96. The van der Waals surface area contributed by atoms with Crippen molar-refractivity contribution in [3.8, 4) is 11.6 Å². The molecule has 2 amide bonds. The van der Waals surface area contributed by atoms with Crippen LogP contribution in [0.25, 0.3) is 10.9 Å². The number of ether oxygens (including phenoxy) is 2. The van der Waals surface area contributed by atoms with E-state index in [1.54, 1.807) is 84.6 Å². The third kappa shape index (κ3) is 6.92. The number of ketones is 1. The van der Waals surface area contributed by atoms with Gasteiger partial charge in [-0.25, -0.2) is 4.79 Å². The summed E-state index contributed by atoms with van der Waals surface area (Å²) < 4.78 is 12.8. The molecule has 0 aliphatic rings. The maximum atomic E-state index is 12.8. The number of methoxy groups -OCH3 is 1. The molecule has 8 nitrogen and oxygen atoms in total. The summed E-state index contributed by atoms with van der Waals surface area (Å²) in [4.78, 5) is 25.4. The zero-order valence-electron chi connectivity index (χ0n) is 21.7. The van der Waals surface area contributed by atoms with E-state index in [-0.39, 0.29) is 18.3 Å². The van der Waals surface area contributed by atoms with Gasteiger partial charge in [0.2, 0.25) is 5.88 Å². The number of carbonyl (C=O) groups excluding carboxylic acids is 2. The molecule has 5 aromatic rings. The molecule has 0 aliphatic heterocycles. The van der Waals surface area contributed by atoms with Crippen molar-refractivity contribution >= 4 is 68.9 Å². The lowest BCUT2D eigenvalue weighted by Crippen LogP contribution is -2.19. The minimum atomic E-state index is -0.435. The average Bonchev–Trinajstić information content (AvgIpc) is 3.30. The zero-order valence-corrected chi connectivity index (χ0v) is 23.9. The molecule has 4 aromatic carbocycles. The van der Waals surface area contributed by atoms with E-state index in [0.717, 1.165) is 5.56 Å². The second kappa shape index (κ2) is 12.5. The van der Waals surface area contributed by atoms with Crippen molar-refractivity contribution in [2.75, 3.05) is 24.4 Å². The summed E-state index contributed by atoms with van der Waals surface area (Å²) >= 11 is 18.4. The monoisotopic (exact) mass is 608 g/mol. The standard InChI is InChI=1S/C30H23Cl3N4O4/c1-40-24-11-8-22(9-12-24)34-30(39)35-23-10-13-27-25(15-23)29(41-17-28(38)18-2-5-20(31)6-3-18)36-37(27)16-19-4-7-21(32)14-26(19)33/h2-15H,16-17H2,1H3,(H2,34,35,39). The lowest BCUT2D eigenvalue weighted by molar-refractivity contribution is 0.0918. The van der Waals surface area contributed by atoms with Crippen LogP contribution in [0.15, 0.2) is 84.9 Å². The van der Waals surface area contributed by atoms with E-state index in [2.05, 4.69) is 15.7 Å². The number of hydrogen-bond acceptors (Lipinski definition) is 5. The summed E-state index contributed by atoms with van der Waals surface area (Å²) in [5, 5.41) is 12.4. The van der Waals surface area contributed by atoms with Gasteiger partial charge in [0.25, 0.3) is 0 Å². The van der Waals surface area contributed by atoms with Gasteiger partial charge in [-0.2, -0.15) is 0 Å². The zero-order chi connectivity index (χ0) is 28.9. The molecule has 0 saturated carbocycles. The van der Waals surface area contributed by atoms with Crippen molar-refractivity contribution in [3.63, 3.8) is 0 Å². The first kappa shape index (κ1) is 28.3. The van der Waals surface area contributed by atoms with Crippen molar-refractivity contribution in [3.05, 3.63) is 111 Å². The van der Waals surface area contributed by atoms with E-state index < -0.39 is 6.03 Å². The van der Waals surface area contributed by atoms with Crippen molar-refractivity contribution in [1.29, 1.82) is 0 Å². The summed E-state index contributed by atoms with van der Waals surface area (Å²) in [6.07, 6.45) is 0. The van der Waals surface area contributed by atoms with Crippen molar-refractivity contribution in [2.45, 2.75) is 6.54 Å². The van der Waals surface area contributed by atoms with E-state index in [4.69, 9.17) is 44.3 Å². The molecular formula is C30H23Cl3N4O4. The Morgan fingerprint density at radius 1 is 0.829 bits per heavy atom. The Balaban J connectivity index is 1.40. The molecule has 0 spiro atoms. The third-order valence-electron chi connectivity index (χ3n) is 6.16. The number of benzene rings is 4. The molecule has 1 heterocycles. The van der Waals surface area contributed by atoms with Gasteiger partial charge in [-0.15, -0.1) is 5.10 Å².